The van der Waals surface area contributed by atoms with E-state index in [1.807, 2.05) is 32.9 Å². The van der Waals surface area contributed by atoms with E-state index in [9.17, 15) is 16.8 Å². The van der Waals surface area contributed by atoms with E-state index in [1.165, 1.54) is 12.1 Å². The second kappa shape index (κ2) is 8.36. The Hall–Kier alpha value is -2.84. The lowest BCUT2D eigenvalue weighted by Crippen LogP contribution is -2.17. The van der Waals surface area contributed by atoms with Crippen LogP contribution in [0.1, 0.15) is 27.8 Å². The zero-order valence-corrected chi connectivity index (χ0v) is 19.8. The molecule has 0 fully saturated rings. The van der Waals surface area contributed by atoms with Crippen LogP contribution in [-0.4, -0.2) is 16.8 Å². The van der Waals surface area contributed by atoms with E-state index in [0.717, 1.165) is 16.7 Å². The van der Waals surface area contributed by atoms with Crippen LogP contribution in [0.2, 0.25) is 0 Å². The van der Waals surface area contributed by atoms with E-state index in [2.05, 4.69) is 9.44 Å². The van der Waals surface area contributed by atoms with Crippen molar-refractivity contribution >= 4 is 31.4 Å². The molecule has 3 rings (SSSR count). The Morgan fingerprint density at radius 3 is 1.74 bits per heavy atom. The van der Waals surface area contributed by atoms with Crippen LogP contribution in [0.5, 0.6) is 0 Å². The Morgan fingerprint density at radius 1 is 0.548 bits per heavy atom. The molecule has 0 heterocycles. The highest BCUT2D eigenvalue weighted by Gasteiger charge is 2.21. The molecule has 0 amide bonds. The van der Waals surface area contributed by atoms with Crippen molar-refractivity contribution in [2.75, 3.05) is 9.44 Å². The molecule has 3 aromatic carbocycles. The predicted octanol–water partition coefficient (Wildman–Crippen LogP) is 4.83. The number of aryl methyl sites for hydroxylation is 5. The molecule has 0 aliphatic rings. The third-order valence-corrected chi connectivity index (χ3v) is 7.90. The number of hydrogen-bond donors (Lipinski definition) is 2. The largest absolute Gasteiger partial charge is 0.279 e. The van der Waals surface area contributed by atoms with E-state index in [1.54, 1.807) is 44.2 Å². The van der Waals surface area contributed by atoms with Crippen LogP contribution in [-0.2, 0) is 20.0 Å². The van der Waals surface area contributed by atoms with Crippen molar-refractivity contribution in [3.05, 3.63) is 82.4 Å². The molecule has 0 bridgehead atoms. The molecule has 0 aromatic heterocycles. The third-order valence-electron chi connectivity index (χ3n) is 5.01. The highest BCUT2D eigenvalue weighted by atomic mass is 32.2. The van der Waals surface area contributed by atoms with E-state index in [-0.39, 0.29) is 15.5 Å². The van der Waals surface area contributed by atoms with Gasteiger partial charge in [0.05, 0.1) is 21.2 Å². The first-order chi connectivity index (χ1) is 14.4. The van der Waals surface area contributed by atoms with Crippen LogP contribution < -0.4 is 9.44 Å². The van der Waals surface area contributed by atoms with Crippen molar-refractivity contribution in [2.24, 2.45) is 0 Å². The van der Waals surface area contributed by atoms with Gasteiger partial charge in [0.1, 0.15) is 0 Å². The standard InChI is InChI=1S/C23H26N2O4S2/c1-15-6-10-21(18(4)12-15)24-30(26,27)20-9-8-17(3)22(14-20)25-31(28,29)23-11-7-16(2)13-19(23)5/h6-14,24-25H,1-5H3. The molecule has 0 aliphatic heterocycles. The zero-order chi connectivity index (χ0) is 23.0. The molecule has 3 aromatic rings. The van der Waals surface area contributed by atoms with E-state index < -0.39 is 20.0 Å². The quantitative estimate of drug-likeness (QED) is 0.553. The number of sulfonamides is 2. The van der Waals surface area contributed by atoms with Crippen LogP contribution in [0.4, 0.5) is 11.4 Å². The van der Waals surface area contributed by atoms with Crippen LogP contribution in [0.15, 0.2) is 64.4 Å². The molecule has 0 radical (unpaired) electrons. The molecule has 2 N–H and O–H groups in total. The second-order valence-corrected chi connectivity index (χ2v) is 11.1. The van der Waals surface area contributed by atoms with Crippen LogP contribution >= 0.6 is 0 Å². The van der Waals surface area contributed by atoms with Gasteiger partial charge in [-0.05, 0) is 75.6 Å². The van der Waals surface area contributed by atoms with Crippen LogP contribution in [0, 0.1) is 34.6 Å². The molecule has 0 unspecified atom stereocenters. The number of hydrogen-bond acceptors (Lipinski definition) is 4. The molecule has 6 nitrogen and oxygen atoms in total. The summed E-state index contributed by atoms with van der Waals surface area (Å²) in [4.78, 5) is 0.121. The number of benzene rings is 3. The lowest BCUT2D eigenvalue weighted by atomic mass is 10.1. The number of nitrogens with one attached hydrogen (secondary N) is 2. The predicted molar refractivity (Wildman–Crippen MR) is 125 cm³/mol. The lowest BCUT2D eigenvalue weighted by molar-refractivity contribution is 0.598. The topological polar surface area (TPSA) is 92.3 Å². The van der Waals surface area contributed by atoms with Crippen molar-refractivity contribution in [1.29, 1.82) is 0 Å². The Kier molecular flexibility index (Phi) is 6.16. The van der Waals surface area contributed by atoms with Gasteiger partial charge in [0.25, 0.3) is 20.0 Å². The van der Waals surface area contributed by atoms with Crippen molar-refractivity contribution in [1.82, 2.24) is 0 Å². The Balaban J connectivity index is 1.96. The van der Waals surface area contributed by atoms with E-state index >= 15 is 0 Å². The smallest absolute Gasteiger partial charge is 0.262 e. The fourth-order valence-electron chi connectivity index (χ4n) is 3.31. The summed E-state index contributed by atoms with van der Waals surface area (Å²) in [7, 11) is -7.79. The molecule has 0 spiro atoms. The van der Waals surface area contributed by atoms with Gasteiger partial charge in [0.2, 0.25) is 0 Å². The summed E-state index contributed by atoms with van der Waals surface area (Å²) in [6, 6.07) is 14.8. The molecule has 0 aliphatic carbocycles. The van der Waals surface area contributed by atoms with Crippen molar-refractivity contribution < 1.29 is 16.8 Å². The molecule has 31 heavy (non-hydrogen) atoms. The van der Waals surface area contributed by atoms with Crippen LogP contribution in [0.25, 0.3) is 0 Å². The Labute approximate surface area is 184 Å². The minimum atomic E-state index is -3.91. The first kappa shape index (κ1) is 22.8. The van der Waals surface area contributed by atoms with Gasteiger partial charge in [-0.25, -0.2) is 16.8 Å². The van der Waals surface area contributed by atoms with Gasteiger partial charge in [-0.1, -0.05) is 41.5 Å². The Morgan fingerprint density at radius 2 is 1.13 bits per heavy atom. The van der Waals surface area contributed by atoms with Crippen molar-refractivity contribution in [3.8, 4) is 0 Å². The van der Waals surface area contributed by atoms with Gasteiger partial charge in [-0.15, -0.1) is 0 Å². The normalized spacial score (nSPS) is 11.9. The zero-order valence-electron chi connectivity index (χ0n) is 18.1. The lowest BCUT2D eigenvalue weighted by Gasteiger charge is -2.15. The minimum absolute atomic E-state index is 0.0311. The summed E-state index contributed by atoms with van der Waals surface area (Å²) in [5.41, 5.74) is 4.69. The van der Waals surface area contributed by atoms with E-state index in [4.69, 9.17) is 0 Å². The van der Waals surface area contributed by atoms with Crippen LogP contribution in [0.3, 0.4) is 0 Å². The summed E-state index contributed by atoms with van der Waals surface area (Å²) in [6.07, 6.45) is 0. The van der Waals surface area contributed by atoms with Crippen molar-refractivity contribution in [3.63, 3.8) is 0 Å². The first-order valence-corrected chi connectivity index (χ1v) is 12.7. The fourth-order valence-corrected chi connectivity index (χ4v) is 5.82. The number of rotatable bonds is 6. The first-order valence-electron chi connectivity index (χ1n) is 9.70. The summed E-state index contributed by atoms with van der Waals surface area (Å²) in [5, 5.41) is 0. The average Bonchev–Trinajstić information content (AvgIpc) is 2.65. The molecule has 164 valence electrons. The molecule has 0 atom stereocenters. The minimum Gasteiger partial charge on any atom is -0.279 e. The van der Waals surface area contributed by atoms with Gasteiger partial charge < -0.3 is 0 Å². The van der Waals surface area contributed by atoms with Gasteiger partial charge in [-0.2, -0.15) is 0 Å². The highest BCUT2D eigenvalue weighted by Crippen LogP contribution is 2.27. The fraction of sp³-hybridized carbons (Fsp3) is 0.217. The second-order valence-electron chi connectivity index (χ2n) is 7.78. The molecule has 0 saturated carbocycles. The average molecular weight is 459 g/mol. The maximum Gasteiger partial charge on any atom is 0.262 e. The monoisotopic (exact) mass is 458 g/mol. The maximum absolute atomic E-state index is 12.9. The Bertz CT molecular complexity index is 1360. The third kappa shape index (κ3) is 5.08. The van der Waals surface area contributed by atoms with Gasteiger partial charge in [0, 0.05) is 0 Å². The van der Waals surface area contributed by atoms with Gasteiger partial charge >= 0.3 is 0 Å². The van der Waals surface area contributed by atoms with E-state index in [0.29, 0.717) is 16.8 Å². The molecular weight excluding hydrogens is 432 g/mol. The summed E-state index contributed by atoms with van der Waals surface area (Å²) in [5.74, 6) is 0. The summed E-state index contributed by atoms with van der Waals surface area (Å²) >= 11 is 0. The molecular formula is C23H26N2O4S2. The molecule has 8 heteroatoms. The SMILES string of the molecule is Cc1ccc(NS(=O)(=O)c2ccc(C)c(NS(=O)(=O)c3ccc(C)cc3C)c2)c(C)c1. The summed E-state index contributed by atoms with van der Waals surface area (Å²) in [6.45, 7) is 9.08. The van der Waals surface area contributed by atoms with Gasteiger partial charge in [0.15, 0.2) is 0 Å². The molecule has 0 saturated heterocycles. The maximum atomic E-state index is 12.9. The number of anilines is 2. The highest BCUT2D eigenvalue weighted by molar-refractivity contribution is 7.93. The van der Waals surface area contributed by atoms with Gasteiger partial charge in [-0.3, -0.25) is 9.44 Å². The van der Waals surface area contributed by atoms with Crippen molar-refractivity contribution in [2.45, 2.75) is 44.4 Å². The summed E-state index contributed by atoms with van der Waals surface area (Å²) < 4.78 is 56.9.